The molecule has 0 saturated heterocycles. The van der Waals surface area contributed by atoms with Gasteiger partial charge in [-0.2, -0.15) is 0 Å². The first-order valence-corrected chi connectivity index (χ1v) is 50.5. The molecule has 3 unspecified atom stereocenters. The van der Waals surface area contributed by atoms with E-state index >= 15 is 0 Å². The number of carbonyl (C=O) groups is 4. The quantitative estimate of drug-likeness (QED) is 0.0222. The second-order valence-electron chi connectivity index (χ2n) is 33.8. The van der Waals surface area contributed by atoms with Gasteiger partial charge in [-0.3, -0.25) is 37.3 Å². The standard InChI is InChI=1S/C92H180O17P2/c1-7-10-12-14-16-18-20-22-23-24-25-26-27-31-34-38-45-51-57-63-69-75-90(95)103-81-87(108-91(96)76-70-64-58-52-46-39-35-32-29-28-30-33-37-43-49-55-61-67-73-85(6)9-3)82-106-110(98,99)104-78-86(93)79-105-111(100,101)107-83-88(80-102-89(94)74-68-62-56-50-44-36-21-19-17-15-13-11-8-2)109-92(97)77-71-65-59-53-47-41-40-42-48-54-60-66-72-84(4)5/h84-88,93H,7-83H2,1-6H3,(H,98,99)(H,100,101)/t85?,86-,87-,88-/m1/s1. The minimum Gasteiger partial charge on any atom is -0.462 e. The fraction of sp³-hybridized carbons (Fsp3) is 0.957. The summed E-state index contributed by atoms with van der Waals surface area (Å²) in [5.41, 5.74) is 0. The maximum atomic E-state index is 13.2. The van der Waals surface area contributed by atoms with Gasteiger partial charge < -0.3 is 33.8 Å². The molecule has 0 aromatic carbocycles. The predicted octanol–water partition coefficient (Wildman–Crippen LogP) is 28.6. The Hall–Kier alpha value is -1.94. The van der Waals surface area contributed by atoms with Crippen LogP contribution in [-0.2, 0) is 65.4 Å². The molecule has 0 aliphatic carbocycles. The lowest BCUT2D eigenvalue weighted by atomic mass is 9.99. The SMILES string of the molecule is CCCCCCCCCCCCCCCCCCCCCCCC(=O)OC[C@H](COP(=O)(O)OC[C@@H](O)COP(=O)(O)OC[C@@H](COC(=O)CCCCCCCCCCCCCCC)OC(=O)CCCCCCCCCCCCCCC(C)C)OC(=O)CCCCCCCCCCCCCCCCCCCCC(C)CC. The minimum absolute atomic E-state index is 0.108. The molecular formula is C92H180O17P2. The Morgan fingerprint density at radius 1 is 0.261 bits per heavy atom. The van der Waals surface area contributed by atoms with Gasteiger partial charge in [0.1, 0.15) is 19.3 Å². The molecule has 0 aromatic rings. The van der Waals surface area contributed by atoms with Crippen LogP contribution in [0.4, 0.5) is 0 Å². The number of hydrogen-bond acceptors (Lipinski definition) is 15. The van der Waals surface area contributed by atoms with Gasteiger partial charge in [0, 0.05) is 25.7 Å². The molecular weight excluding hydrogens is 1440 g/mol. The summed E-state index contributed by atoms with van der Waals surface area (Å²) in [6, 6.07) is 0. The molecule has 6 atom stereocenters. The van der Waals surface area contributed by atoms with Gasteiger partial charge in [0.15, 0.2) is 12.2 Å². The highest BCUT2D eigenvalue weighted by atomic mass is 31.2. The topological polar surface area (TPSA) is 237 Å². The first kappa shape index (κ1) is 109. The summed E-state index contributed by atoms with van der Waals surface area (Å²) in [7, 11) is -9.94. The molecule has 17 nitrogen and oxygen atoms in total. The number of aliphatic hydroxyl groups excluding tert-OH is 1. The normalized spacial score (nSPS) is 14.0. The first-order valence-electron chi connectivity index (χ1n) is 47.5. The number of ether oxygens (including phenoxy) is 4. The van der Waals surface area contributed by atoms with Crippen LogP contribution < -0.4 is 0 Å². The Bertz CT molecular complexity index is 2120. The van der Waals surface area contributed by atoms with E-state index in [0.717, 1.165) is 102 Å². The Balaban J connectivity index is 5.24. The van der Waals surface area contributed by atoms with E-state index in [1.807, 2.05) is 0 Å². The number of esters is 4. The number of rotatable bonds is 91. The van der Waals surface area contributed by atoms with Crippen molar-refractivity contribution >= 4 is 39.5 Å². The van der Waals surface area contributed by atoms with Crippen LogP contribution in [0.15, 0.2) is 0 Å². The Labute approximate surface area is 683 Å². The minimum atomic E-state index is -4.97. The fourth-order valence-electron chi connectivity index (χ4n) is 14.4. The van der Waals surface area contributed by atoms with Crippen LogP contribution in [0.1, 0.15) is 497 Å². The molecule has 0 radical (unpaired) electrons. The van der Waals surface area contributed by atoms with Crippen molar-refractivity contribution < 1.29 is 80.2 Å². The summed E-state index contributed by atoms with van der Waals surface area (Å²) in [4.78, 5) is 73.5. The smallest absolute Gasteiger partial charge is 0.462 e. The van der Waals surface area contributed by atoms with E-state index in [2.05, 4.69) is 41.5 Å². The third kappa shape index (κ3) is 84.3. The van der Waals surface area contributed by atoms with Gasteiger partial charge in [-0.25, -0.2) is 9.13 Å². The zero-order chi connectivity index (χ0) is 81.3. The highest BCUT2D eigenvalue weighted by molar-refractivity contribution is 7.47. The zero-order valence-electron chi connectivity index (χ0n) is 73.3. The molecule has 0 aliphatic heterocycles. The van der Waals surface area contributed by atoms with Crippen molar-refractivity contribution in [2.45, 2.75) is 516 Å². The van der Waals surface area contributed by atoms with Gasteiger partial charge in [0.25, 0.3) is 0 Å². The predicted molar refractivity (Wildman–Crippen MR) is 460 cm³/mol. The molecule has 19 heteroatoms. The van der Waals surface area contributed by atoms with Crippen LogP contribution in [0.2, 0.25) is 0 Å². The van der Waals surface area contributed by atoms with E-state index in [9.17, 15) is 43.2 Å². The van der Waals surface area contributed by atoms with Crippen LogP contribution in [0.25, 0.3) is 0 Å². The highest BCUT2D eigenvalue weighted by Gasteiger charge is 2.31. The number of aliphatic hydroxyl groups is 1. The molecule has 0 fully saturated rings. The second-order valence-corrected chi connectivity index (χ2v) is 36.7. The fourth-order valence-corrected chi connectivity index (χ4v) is 16.0. The number of unbranched alkanes of at least 4 members (excludes halogenated alkanes) is 60. The average molecular weight is 1620 g/mol. The molecule has 0 spiro atoms. The largest absolute Gasteiger partial charge is 0.472 e. The van der Waals surface area contributed by atoms with Gasteiger partial charge in [0.2, 0.25) is 0 Å². The van der Waals surface area contributed by atoms with E-state index in [-0.39, 0.29) is 25.7 Å². The summed E-state index contributed by atoms with van der Waals surface area (Å²) < 4.78 is 69.1. The molecule has 0 aromatic heterocycles. The van der Waals surface area contributed by atoms with E-state index in [0.29, 0.717) is 25.7 Å². The van der Waals surface area contributed by atoms with E-state index in [1.54, 1.807) is 0 Å². The van der Waals surface area contributed by atoms with Crippen LogP contribution >= 0.6 is 15.6 Å². The monoisotopic (exact) mass is 1620 g/mol. The van der Waals surface area contributed by atoms with Crippen LogP contribution in [0, 0.1) is 11.8 Å². The molecule has 660 valence electrons. The maximum absolute atomic E-state index is 13.2. The molecule has 0 aliphatic rings. The Morgan fingerprint density at radius 2 is 0.459 bits per heavy atom. The van der Waals surface area contributed by atoms with Crippen molar-refractivity contribution in [2.75, 3.05) is 39.6 Å². The summed E-state index contributed by atoms with van der Waals surface area (Å²) in [6.45, 7) is 9.79. The molecule has 3 N–H and O–H groups in total. The zero-order valence-corrected chi connectivity index (χ0v) is 75.1. The number of carbonyl (C=O) groups excluding carboxylic acids is 4. The third-order valence-corrected chi connectivity index (χ3v) is 24.0. The van der Waals surface area contributed by atoms with Crippen molar-refractivity contribution in [2.24, 2.45) is 11.8 Å². The Kier molecular flexibility index (Phi) is 81.7. The van der Waals surface area contributed by atoms with Gasteiger partial charge in [-0.05, 0) is 37.5 Å². The van der Waals surface area contributed by atoms with Crippen molar-refractivity contribution in [3.63, 3.8) is 0 Å². The van der Waals surface area contributed by atoms with E-state index in [1.165, 1.54) is 315 Å². The van der Waals surface area contributed by atoms with E-state index in [4.69, 9.17) is 37.0 Å². The van der Waals surface area contributed by atoms with Gasteiger partial charge in [0.05, 0.1) is 26.4 Å². The van der Waals surface area contributed by atoms with Gasteiger partial charge >= 0.3 is 39.5 Å². The molecule has 0 saturated carbocycles. The maximum Gasteiger partial charge on any atom is 0.472 e. The van der Waals surface area contributed by atoms with Crippen molar-refractivity contribution in [1.29, 1.82) is 0 Å². The van der Waals surface area contributed by atoms with Gasteiger partial charge in [-0.15, -0.1) is 0 Å². The van der Waals surface area contributed by atoms with Gasteiger partial charge in [-0.1, -0.05) is 446 Å². The van der Waals surface area contributed by atoms with Crippen LogP contribution in [0.5, 0.6) is 0 Å². The summed E-state index contributed by atoms with van der Waals surface area (Å²) >= 11 is 0. The average Bonchev–Trinajstić information content (AvgIpc) is 0.894. The van der Waals surface area contributed by atoms with Crippen molar-refractivity contribution in [3.8, 4) is 0 Å². The highest BCUT2D eigenvalue weighted by Crippen LogP contribution is 2.45. The third-order valence-electron chi connectivity index (χ3n) is 22.1. The number of phosphoric acid groups is 2. The molecule has 0 amide bonds. The Morgan fingerprint density at radius 3 is 0.685 bits per heavy atom. The molecule has 0 heterocycles. The van der Waals surface area contributed by atoms with Crippen molar-refractivity contribution in [3.05, 3.63) is 0 Å². The lowest BCUT2D eigenvalue weighted by Gasteiger charge is -2.21. The molecule has 0 bridgehead atoms. The van der Waals surface area contributed by atoms with Crippen molar-refractivity contribution in [1.82, 2.24) is 0 Å². The molecule has 0 rings (SSSR count). The molecule has 111 heavy (non-hydrogen) atoms. The number of phosphoric ester groups is 2. The first-order chi connectivity index (χ1) is 53.9. The lowest BCUT2D eigenvalue weighted by molar-refractivity contribution is -0.161. The van der Waals surface area contributed by atoms with Crippen LogP contribution in [0.3, 0.4) is 0 Å². The summed E-state index contributed by atoms with van der Waals surface area (Å²) in [5, 5.41) is 10.7. The van der Waals surface area contributed by atoms with E-state index < -0.39 is 97.5 Å². The van der Waals surface area contributed by atoms with Crippen LogP contribution in [-0.4, -0.2) is 96.7 Å². The number of hydrogen-bond donors (Lipinski definition) is 3. The summed E-state index contributed by atoms with van der Waals surface area (Å²) in [6.07, 6.45) is 77.8. The lowest BCUT2D eigenvalue weighted by Crippen LogP contribution is -2.30. The second kappa shape index (κ2) is 83.1. The summed E-state index contributed by atoms with van der Waals surface area (Å²) in [5.74, 6) is -0.446.